The van der Waals surface area contributed by atoms with E-state index in [0.717, 1.165) is 11.4 Å². The Balaban J connectivity index is 1.97. The molecule has 1 aromatic heterocycles. The molecule has 1 aromatic carbocycles. The highest BCUT2D eigenvalue weighted by atomic mass is 15.4. The topological polar surface area (TPSA) is 30.7 Å². The van der Waals surface area contributed by atoms with E-state index < -0.39 is 0 Å². The molecule has 0 spiro atoms. The Kier molecular flexibility index (Phi) is 1.84. The first-order valence-corrected chi connectivity index (χ1v) is 5.32. The van der Waals surface area contributed by atoms with E-state index in [-0.39, 0.29) is 0 Å². The zero-order valence-electron chi connectivity index (χ0n) is 8.72. The highest BCUT2D eigenvalue weighted by molar-refractivity contribution is 5.34. The summed E-state index contributed by atoms with van der Waals surface area (Å²) in [5, 5.41) is 8.35. The summed E-state index contributed by atoms with van der Waals surface area (Å²) in [6.07, 6.45) is 4.59. The minimum Gasteiger partial charge on any atom is -0.220 e. The third kappa shape index (κ3) is 1.65. The molecule has 1 aliphatic rings. The number of nitrogens with zero attached hydrogens (tertiary/aromatic N) is 3. The van der Waals surface area contributed by atoms with Crippen LogP contribution in [0.2, 0.25) is 0 Å². The van der Waals surface area contributed by atoms with Crippen LogP contribution in [0.3, 0.4) is 0 Å². The Labute approximate surface area is 88.7 Å². The van der Waals surface area contributed by atoms with Gasteiger partial charge in [0, 0.05) is 5.92 Å². The first-order chi connectivity index (χ1) is 7.33. The predicted molar refractivity (Wildman–Crippen MR) is 58.1 cm³/mol. The number of aromatic nitrogens is 3. The lowest BCUT2D eigenvalue weighted by atomic mass is 10.2. The van der Waals surface area contributed by atoms with E-state index in [2.05, 4.69) is 35.4 Å². The van der Waals surface area contributed by atoms with E-state index in [1.54, 1.807) is 0 Å². The molecule has 0 aliphatic heterocycles. The Morgan fingerprint density at radius 3 is 2.93 bits per heavy atom. The van der Waals surface area contributed by atoms with Gasteiger partial charge in [-0.2, -0.15) is 0 Å². The molecule has 0 saturated heterocycles. The molecule has 15 heavy (non-hydrogen) atoms. The molecule has 0 radical (unpaired) electrons. The predicted octanol–water partition coefficient (Wildman–Crippen LogP) is 2.45. The second-order valence-corrected chi connectivity index (χ2v) is 4.20. The highest BCUT2D eigenvalue weighted by Gasteiger charge is 2.26. The van der Waals surface area contributed by atoms with Crippen molar-refractivity contribution in [1.82, 2.24) is 15.0 Å². The van der Waals surface area contributed by atoms with Crippen LogP contribution in [-0.4, -0.2) is 15.0 Å². The molecule has 76 valence electrons. The number of rotatable bonds is 2. The van der Waals surface area contributed by atoms with Crippen molar-refractivity contribution in [3.63, 3.8) is 0 Å². The molecule has 0 bridgehead atoms. The summed E-state index contributed by atoms with van der Waals surface area (Å²) in [6.45, 7) is 2.09. The van der Waals surface area contributed by atoms with Crippen LogP contribution >= 0.6 is 0 Å². The maximum atomic E-state index is 4.20. The summed E-state index contributed by atoms with van der Waals surface area (Å²) >= 11 is 0. The minimum absolute atomic E-state index is 0.670. The molecule has 1 aliphatic carbocycles. The third-order valence-electron chi connectivity index (χ3n) is 2.77. The van der Waals surface area contributed by atoms with Crippen molar-refractivity contribution < 1.29 is 0 Å². The first-order valence-electron chi connectivity index (χ1n) is 5.32. The quantitative estimate of drug-likeness (QED) is 0.743. The average molecular weight is 199 g/mol. The standard InChI is InChI=1S/C12H13N3/c1-9-3-2-4-11(7-9)15-8-12(13-14-15)10-5-6-10/h2-4,7-8,10H,5-6H2,1H3. The van der Waals surface area contributed by atoms with Crippen LogP contribution in [0.4, 0.5) is 0 Å². The number of benzene rings is 1. The third-order valence-corrected chi connectivity index (χ3v) is 2.77. The van der Waals surface area contributed by atoms with E-state index in [1.807, 2.05) is 16.9 Å². The van der Waals surface area contributed by atoms with Crippen LogP contribution in [0.15, 0.2) is 30.5 Å². The maximum absolute atomic E-state index is 4.20. The maximum Gasteiger partial charge on any atom is 0.0862 e. The molecule has 3 heteroatoms. The van der Waals surface area contributed by atoms with E-state index >= 15 is 0 Å². The summed E-state index contributed by atoms with van der Waals surface area (Å²) in [5.74, 6) is 0.670. The molecule has 1 fully saturated rings. The number of hydrogen-bond donors (Lipinski definition) is 0. The van der Waals surface area contributed by atoms with E-state index in [4.69, 9.17) is 0 Å². The van der Waals surface area contributed by atoms with Crippen molar-refractivity contribution in [1.29, 1.82) is 0 Å². The summed E-state index contributed by atoms with van der Waals surface area (Å²) in [5.41, 5.74) is 3.47. The average Bonchev–Trinajstić information content (AvgIpc) is 2.97. The van der Waals surface area contributed by atoms with Crippen LogP contribution in [0.1, 0.15) is 30.0 Å². The van der Waals surface area contributed by atoms with E-state index in [0.29, 0.717) is 5.92 Å². The second kappa shape index (κ2) is 3.19. The van der Waals surface area contributed by atoms with Gasteiger partial charge in [-0.3, -0.25) is 0 Å². The van der Waals surface area contributed by atoms with Crippen molar-refractivity contribution >= 4 is 0 Å². The molecule has 2 aromatic rings. The van der Waals surface area contributed by atoms with E-state index in [1.165, 1.54) is 18.4 Å². The fourth-order valence-corrected chi connectivity index (χ4v) is 1.74. The fourth-order valence-electron chi connectivity index (χ4n) is 1.74. The Morgan fingerprint density at radius 2 is 2.20 bits per heavy atom. The van der Waals surface area contributed by atoms with Crippen LogP contribution < -0.4 is 0 Å². The summed E-state index contributed by atoms with van der Waals surface area (Å²) in [6, 6.07) is 8.30. The van der Waals surface area contributed by atoms with Crippen LogP contribution in [0.5, 0.6) is 0 Å². The van der Waals surface area contributed by atoms with Gasteiger partial charge in [0.05, 0.1) is 17.6 Å². The van der Waals surface area contributed by atoms with Crippen molar-refractivity contribution in [2.45, 2.75) is 25.7 Å². The van der Waals surface area contributed by atoms with Crippen molar-refractivity contribution in [3.8, 4) is 5.69 Å². The highest BCUT2D eigenvalue weighted by Crippen LogP contribution is 2.38. The van der Waals surface area contributed by atoms with Gasteiger partial charge in [-0.15, -0.1) is 5.10 Å². The largest absolute Gasteiger partial charge is 0.220 e. The minimum atomic E-state index is 0.670. The monoisotopic (exact) mass is 199 g/mol. The Morgan fingerprint density at radius 1 is 1.33 bits per heavy atom. The molecule has 1 saturated carbocycles. The van der Waals surface area contributed by atoms with Gasteiger partial charge in [0.2, 0.25) is 0 Å². The lowest BCUT2D eigenvalue weighted by molar-refractivity contribution is 0.796. The first kappa shape index (κ1) is 8.65. The molecule has 0 amide bonds. The normalized spacial score (nSPS) is 15.5. The van der Waals surface area contributed by atoms with Gasteiger partial charge in [0.15, 0.2) is 0 Å². The van der Waals surface area contributed by atoms with Crippen LogP contribution in [0.25, 0.3) is 5.69 Å². The van der Waals surface area contributed by atoms with Gasteiger partial charge in [0.1, 0.15) is 0 Å². The number of hydrogen-bond acceptors (Lipinski definition) is 2. The lowest BCUT2D eigenvalue weighted by Gasteiger charge is -2.00. The van der Waals surface area contributed by atoms with Crippen LogP contribution in [0, 0.1) is 6.92 Å². The molecule has 3 nitrogen and oxygen atoms in total. The Bertz CT molecular complexity index is 483. The summed E-state index contributed by atoms with van der Waals surface area (Å²) in [7, 11) is 0. The summed E-state index contributed by atoms with van der Waals surface area (Å²) < 4.78 is 1.86. The van der Waals surface area contributed by atoms with Crippen molar-refractivity contribution in [2.24, 2.45) is 0 Å². The van der Waals surface area contributed by atoms with Crippen molar-refractivity contribution in [2.75, 3.05) is 0 Å². The fraction of sp³-hybridized carbons (Fsp3) is 0.333. The number of aryl methyl sites for hydroxylation is 1. The lowest BCUT2D eigenvalue weighted by Crippen LogP contribution is -1.94. The zero-order valence-corrected chi connectivity index (χ0v) is 8.72. The Hall–Kier alpha value is -1.64. The zero-order chi connectivity index (χ0) is 10.3. The van der Waals surface area contributed by atoms with Gasteiger partial charge < -0.3 is 0 Å². The van der Waals surface area contributed by atoms with E-state index in [9.17, 15) is 0 Å². The molecular formula is C12H13N3. The van der Waals surface area contributed by atoms with Gasteiger partial charge in [0.25, 0.3) is 0 Å². The van der Waals surface area contributed by atoms with Gasteiger partial charge in [-0.25, -0.2) is 4.68 Å². The van der Waals surface area contributed by atoms with Crippen LogP contribution in [-0.2, 0) is 0 Å². The second-order valence-electron chi connectivity index (χ2n) is 4.20. The smallest absolute Gasteiger partial charge is 0.0862 e. The molecule has 0 unspecified atom stereocenters. The molecule has 0 N–H and O–H groups in total. The molecule has 1 heterocycles. The summed E-state index contributed by atoms with van der Waals surface area (Å²) in [4.78, 5) is 0. The van der Waals surface area contributed by atoms with Crippen molar-refractivity contribution in [3.05, 3.63) is 41.7 Å². The molecule has 3 rings (SSSR count). The van der Waals surface area contributed by atoms with Gasteiger partial charge in [-0.05, 0) is 37.5 Å². The van der Waals surface area contributed by atoms with Gasteiger partial charge >= 0.3 is 0 Å². The molecule has 0 atom stereocenters. The van der Waals surface area contributed by atoms with Gasteiger partial charge in [-0.1, -0.05) is 17.3 Å². The molecular weight excluding hydrogens is 186 g/mol. The SMILES string of the molecule is Cc1cccc(-n2cc(C3CC3)nn2)c1.